The van der Waals surface area contributed by atoms with Gasteiger partial charge in [0.05, 0.1) is 22.5 Å². The van der Waals surface area contributed by atoms with Crippen molar-refractivity contribution in [1.82, 2.24) is 0 Å². The number of ether oxygens (including phenoxy) is 1. The predicted molar refractivity (Wildman–Crippen MR) is 101 cm³/mol. The van der Waals surface area contributed by atoms with Crippen molar-refractivity contribution in [1.29, 1.82) is 0 Å². The van der Waals surface area contributed by atoms with Crippen LogP contribution in [0.3, 0.4) is 0 Å². The third-order valence-electron chi connectivity index (χ3n) is 3.37. The lowest BCUT2D eigenvalue weighted by atomic mass is 10.2. The molecule has 25 heavy (non-hydrogen) atoms. The van der Waals surface area contributed by atoms with E-state index in [0.29, 0.717) is 16.3 Å². The molecule has 0 saturated carbocycles. The van der Waals surface area contributed by atoms with Crippen LogP contribution in [0.25, 0.3) is 0 Å². The van der Waals surface area contributed by atoms with Gasteiger partial charge in [0.25, 0.3) is 0 Å². The number of nitrogens with zero attached hydrogens (tertiary/aromatic N) is 1. The van der Waals surface area contributed by atoms with E-state index in [1.54, 1.807) is 42.6 Å². The number of para-hydroxylation sites is 1. The minimum absolute atomic E-state index is 0.335. The van der Waals surface area contributed by atoms with Gasteiger partial charge in [0.2, 0.25) is 0 Å². The number of benzene rings is 3. The zero-order chi connectivity index (χ0) is 17.5. The molecule has 4 nitrogen and oxygen atoms in total. The molecule has 0 aliphatic rings. The van der Waals surface area contributed by atoms with Crippen LogP contribution < -0.4 is 10.2 Å². The molecule has 0 atom stereocenters. The maximum atomic E-state index is 12.1. The number of carbonyl (C=O) groups is 1. The number of anilines is 1. The molecule has 1 N–H and O–H groups in total. The molecule has 0 spiro atoms. The standard InChI is InChI=1S/C20H15ClN2O2/c21-19-9-5-4-8-18(19)20(24)25-17-12-10-15(11-13-17)14-22-23-16-6-2-1-3-7-16/h1-14,23H. The molecule has 0 aliphatic heterocycles. The van der Waals surface area contributed by atoms with E-state index in [2.05, 4.69) is 10.5 Å². The van der Waals surface area contributed by atoms with Crippen LogP contribution in [0.5, 0.6) is 5.75 Å². The van der Waals surface area contributed by atoms with Crippen LogP contribution in [0.4, 0.5) is 5.69 Å². The van der Waals surface area contributed by atoms with Crippen LogP contribution in [0.2, 0.25) is 5.02 Å². The average molecular weight is 351 g/mol. The van der Waals surface area contributed by atoms with Crippen molar-refractivity contribution >= 4 is 29.5 Å². The number of esters is 1. The topological polar surface area (TPSA) is 50.7 Å². The smallest absolute Gasteiger partial charge is 0.345 e. The van der Waals surface area contributed by atoms with Crippen LogP contribution in [-0.4, -0.2) is 12.2 Å². The van der Waals surface area contributed by atoms with Gasteiger partial charge >= 0.3 is 5.97 Å². The largest absolute Gasteiger partial charge is 0.423 e. The fraction of sp³-hybridized carbons (Fsp3) is 0. The summed E-state index contributed by atoms with van der Waals surface area (Å²) >= 11 is 5.99. The Morgan fingerprint density at radius 3 is 2.32 bits per heavy atom. The monoisotopic (exact) mass is 350 g/mol. The number of hydrogen-bond donors (Lipinski definition) is 1. The summed E-state index contributed by atoms with van der Waals surface area (Å²) in [6.45, 7) is 0. The molecule has 0 aliphatic carbocycles. The molecule has 3 aromatic carbocycles. The molecule has 0 fully saturated rings. The van der Waals surface area contributed by atoms with Gasteiger partial charge in [-0.25, -0.2) is 4.79 Å². The SMILES string of the molecule is O=C(Oc1ccc(C=NNc2ccccc2)cc1)c1ccccc1Cl. The normalized spacial score (nSPS) is 10.6. The Bertz CT molecular complexity index is 878. The van der Waals surface area contributed by atoms with E-state index < -0.39 is 5.97 Å². The van der Waals surface area contributed by atoms with Gasteiger partial charge < -0.3 is 4.74 Å². The lowest BCUT2D eigenvalue weighted by Crippen LogP contribution is -2.08. The molecule has 124 valence electrons. The third kappa shape index (κ3) is 4.68. The second-order valence-electron chi connectivity index (χ2n) is 5.17. The lowest BCUT2D eigenvalue weighted by Gasteiger charge is -2.06. The Labute approximate surface area is 150 Å². The zero-order valence-corrected chi connectivity index (χ0v) is 14.0. The first kappa shape index (κ1) is 16.7. The van der Waals surface area contributed by atoms with Crippen LogP contribution in [0, 0.1) is 0 Å². The van der Waals surface area contributed by atoms with Gasteiger partial charge in [0.15, 0.2) is 0 Å². The minimum atomic E-state index is -0.488. The second kappa shape index (κ2) is 8.13. The Kier molecular flexibility index (Phi) is 5.44. The minimum Gasteiger partial charge on any atom is -0.423 e. The van der Waals surface area contributed by atoms with Gasteiger partial charge in [-0.05, 0) is 54.1 Å². The number of hydrazone groups is 1. The summed E-state index contributed by atoms with van der Waals surface area (Å²) in [4.78, 5) is 12.1. The summed E-state index contributed by atoms with van der Waals surface area (Å²) in [6.07, 6.45) is 1.69. The van der Waals surface area contributed by atoms with Gasteiger partial charge in [-0.15, -0.1) is 0 Å². The van der Waals surface area contributed by atoms with Crippen molar-refractivity contribution < 1.29 is 9.53 Å². The lowest BCUT2D eigenvalue weighted by molar-refractivity contribution is 0.0735. The second-order valence-corrected chi connectivity index (χ2v) is 5.58. The van der Waals surface area contributed by atoms with E-state index in [1.807, 2.05) is 42.5 Å². The van der Waals surface area contributed by atoms with E-state index in [1.165, 1.54) is 0 Å². The number of hydrogen-bond acceptors (Lipinski definition) is 4. The Hall–Kier alpha value is -3.11. The van der Waals surface area contributed by atoms with Crippen molar-refractivity contribution in [3.63, 3.8) is 0 Å². The Balaban J connectivity index is 1.60. The Morgan fingerprint density at radius 2 is 1.60 bits per heavy atom. The summed E-state index contributed by atoms with van der Waals surface area (Å²) in [5.74, 6) is -0.0455. The van der Waals surface area contributed by atoms with E-state index in [9.17, 15) is 4.79 Å². The highest BCUT2D eigenvalue weighted by molar-refractivity contribution is 6.33. The number of carbonyl (C=O) groups excluding carboxylic acids is 1. The summed E-state index contributed by atoms with van der Waals surface area (Å²) in [7, 11) is 0. The first-order chi connectivity index (χ1) is 12.2. The van der Waals surface area contributed by atoms with E-state index in [4.69, 9.17) is 16.3 Å². The van der Waals surface area contributed by atoms with Crippen LogP contribution in [0.15, 0.2) is 84.0 Å². The molecular formula is C20H15ClN2O2. The summed E-state index contributed by atoms with van der Waals surface area (Å²) in [5.41, 5.74) is 5.05. The van der Waals surface area contributed by atoms with Crippen molar-refractivity contribution in [2.75, 3.05) is 5.43 Å². The molecule has 0 saturated heterocycles. The van der Waals surface area contributed by atoms with Crippen molar-refractivity contribution in [2.45, 2.75) is 0 Å². The van der Waals surface area contributed by atoms with Crippen molar-refractivity contribution in [3.05, 3.63) is 95.0 Å². The number of nitrogens with one attached hydrogen (secondary N) is 1. The highest BCUT2D eigenvalue weighted by Gasteiger charge is 2.11. The number of rotatable bonds is 5. The Morgan fingerprint density at radius 1 is 0.920 bits per heavy atom. The highest BCUT2D eigenvalue weighted by Crippen LogP contribution is 2.19. The van der Waals surface area contributed by atoms with Crippen LogP contribution in [0.1, 0.15) is 15.9 Å². The van der Waals surface area contributed by atoms with E-state index in [0.717, 1.165) is 11.3 Å². The quantitative estimate of drug-likeness (QED) is 0.305. The summed E-state index contributed by atoms with van der Waals surface area (Å²) in [6, 6.07) is 23.5. The maximum absolute atomic E-state index is 12.1. The fourth-order valence-corrected chi connectivity index (χ4v) is 2.32. The van der Waals surface area contributed by atoms with Crippen LogP contribution >= 0.6 is 11.6 Å². The highest BCUT2D eigenvalue weighted by atomic mass is 35.5. The first-order valence-electron chi connectivity index (χ1n) is 7.63. The van der Waals surface area contributed by atoms with Crippen molar-refractivity contribution in [3.8, 4) is 5.75 Å². The van der Waals surface area contributed by atoms with Gasteiger partial charge in [-0.3, -0.25) is 5.43 Å². The molecule has 0 aromatic heterocycles. The third-order valence-corrected chi connectivity index (χ3v) is 3.70. The van der Waals surface area contributed by atoms with E-state index >= 15 is 0 Å². The van der Waals surface area contributed by atoms with Crippen LogP contribution in [-0.2, 0) is 0 Å². The van der Waals surface area contributed by atoms with Gasteiger partial charge in [-0.2, -0.15) is 5.10 Å². The van der Waals surface area contributed by atoms with Gasteiger partial charge in [0.1, 0.15) is 5.75 Å². The molecule has 0 heterocycles. The molecule has 3 aromatic rings. The molecule has 0 radical (unpaired) electrons. The zero-order valence-electron chi connectivity index (χ0n) is 13.2. The molecule has 5 heteroatoms. The fourth-order valence-electron chi connectivity index (χ4n) is 2.10. The van der Waals surface area contributed by atoms with Gasteiger partial charge in [0, 0.05) is 0 Å². The molecule has 0 amide bonds. The first-order valence-corrected chi connectivity index (χ1v) is 8.01. The molecule has 0 bridgehead atoms. The maximum Gasteiger partial charge on any atom is 0.345 e. The number of halogens is 1. The average Bonchev–Trinajstić information content (AvgIpc) is 2.64. The predicted octanol–water partition coefficient (Wildman–Crippen LogP) is 5.01. The molecule has 0 unspecified atom stereocenters. The molecular weight excluding hydrogens is 336 g/mol. The van der Waals surface area contributed by atoms with Gasteiger partial charge in [-0.1, -0.05) is 41.9 Å². The summed E-state index contributed by atoms with van der Waals surface area (Å²) in [5, 5.41) is 4.53. The summed E-state index contributed by atoms with van der Waals surface area (Å²) < 4.78 is 5.33. The molecule has 3 rings (SSSR count). The van der Waals surface area contributed by atoms with E-state index in [-0.39, 0.29) is 0 Å². The van der Waals surface area contributed by atoms with Crippen molar-refractivity contribution in [2.24, 2.45) is 5.10 Å².